The zero-order valence-electron chi connectivity index (χ0n) is 27.1. The Morgan fingerprint density at radius 2 is 1.93 bits per heavy atom. The fraction of sp³-hybridized carbons (Fsp3) is 0.839. The average molecular weight is 604 g/mol. The molecule has 2 bridgehead atoms. The van der Waals surface area contributed by atoms with Crippen molar-refractivity contribution in [3.63, 3.8) is 0 Å². The molecule has 1 aliphatic heterocycles. The Labute approximate surface area is 257 Å². The van der Waals surface area contributed by atoms with Crippen LogP contribution in [0.2, 0.25) is 0 Å². The highest BCUT2D eigenvalue weighted by molar-refractivity contribution is 6.47. The highest BCUT2D eigenvalue weighted by Gasteiger charge is 2.68. The number of rotatable bonds is 18. The van der Waals surface area contributed by atoms with Crippen molar-refractivity contribution >= 4 is 24.8 Å². The van der Waals surface area contributed by atoms with Crippen molar-refractivity contribution in [3.8, 4) is 0 Å². The molecule has 0 unspecified atom stereocenters. The number of aliphatic imine (C=N–C) groups is 1. The van der Waals surface area contributed by atoms with Crippen LogP contribution in [0, 0.1) is 39.2 Å². The summed E-state index contributed by atoms with van der Waals surface area (Å²) in [6, 6.07) is 0. The smallest absolute Gasteiger partial charge is 0.404 e. The van der Waals surface area contributed by atoms with Crippen molar-refractivity contribution in [1.29, 1.82) is 0 Å². The molecule has 0 aromatic carbocycles. The Bertz CT molecular complexity index is 1040. The van der Waals surface area contributed by atoms with Crippen molar-refractivity contribution in [1.82, 2.24) is 10.7 Å². The standard InChI is InChI=1S/C31H54BN5O6/c1-7-8-9-10-11-12-15-24(38)18-22(14-13-16-34-29(33)36-37(40)41)28(39)35-27(17-21(2)3)32-42-26-20-23-19-25(30(23,4)5)31(26,6)43-32/h12,15,21-23,25-27H,7-11,13-14,16-20H2,1-6H3,(H,35,39)(H3,33,34,36)/b15-12+/t22-,23+,25+,26-,27+,31+/m1/s1. The summed E-state index contributed by atoms with van der Waals surface area (Å²) in [5.74, 6) is -0.199. The summed E-state index contributed by atoms with van der Waals surface area (Å²) in [6.45, 7) is 13.4. The topological polar surface area (TPSA) is 158 Å². The first-order valence-corrected chi connectivity index (χ1v) is 16.3. The van der Waals surface area contributed by atoms with E-state index in [0.29, 0.717) is 37.0 Å². The van der Waals surface area contributed by atoms with Gasteiger partial charge in [0.05, 0.1) is 17.6 Å². The fourth-order valence-electron chi connectivity index (χ4n) is 7.32. The highest BCUT2D eigenvalue weighted by atomic mass is 16.7. The highest BCUT2D eigenvalue weighted by Crippen LogP contribution is 2.65. The number of hydrazine groups is 1. The van der Waals surface area contributed by atoms with Gasteiger partial charge < -0.3 is 20.4 Å². The van der Waals surface area contributed by atoms with Crippen LogP contribution < -0.4 is 16.5 Å². The molecule has 3 aliphatic carbocycles. The van der Waals surface area contributed by atoms with E-state index >= 15 is 0 Å². The number of nitro groups is 1. The molecule has 4 aliphatic rings. The minimum atomic E-state index is -0.773. The lowest BCUT2D eigenvalue weighted by Crippen LogP contribution is -2.65. The number of hydrogen-bond donors (Lipinski definition) is 3. The van der Waals surface area contributed by atoms with Gasteiger partial charge in [0.2, 0.25) is 5.91 Å². The number of nitrogens with zero attached hydrogens (tertiary/aromatic N) is 2. The molecule has 4 N–H and O–H groups in total. The van der Waals surface area contributed by atoms with Crippen LogP contribution in [0.5, 0.6) is 0 Å². The van der Waals surface area contributed by atoms with Gasteiger partial charge in [-0.15, -0.1) is 0 Å². The molecule has 4 fully saturated rings. The van der Waals surface area contributed by atoms with Crippen LogP contribution in [0.1, 0.15) is 112 Å². The van der Waals surface area contributed by atoms with Crippen LogP contribution in [0.3, 0.4) is 0 Å². The molecule has 1 amide bonds. The quantitative estimate of drug-likeness (QED) is 0.0385. The van der Waals surface area contributed by atoms with Crippen molar-refractivity contribution in [2.45, 2.75) is 130 Å². The largest absolute Gasteiger partial charge is 0.481 e. The lowest BCUT2D eigenvalue weighted by Gasteiger charge is -2.64. The number of carbonyl (C=O) groups is 2. The van der Waals surface area contributed by atoms with Gasteiger partial charge in [-0.05, 0) is 81.1 Å². The molecule has 6 atom stereocenters. The Morgan fingerprint density at radius 1 is 1.19 bits per heavy atom. The van der Waals surface area contributed by atoms with E-state index in [-0.39, 0.29) is 53.7 Å². The Kier molecular flexibility index (Phi) is 12.6. The second kappa shape index (κ2) is 15.5. The van der Waals surface area contributed by atoms with Crippen LogP contribution in [-0.2, 0) is 18.9 Å². The van der Waals surface area contributed by atoms with Crippen molar-refractivity contribution in [2.24, 2.45) is 39.8 Å². The maximum atomic E-state index is 13.8. The third-order valence-corrected chi connectivity index (χ3v) is 9.90. The second-order valence-corrected chi connectivity index (χ2v) is 14.0. The van der Waals surface area contributed by atoms with E-state index < -0.39 is 18.1 Å². The van der Waals surface area contributed by atoms with Gasteiger partial charge in [0.15, 0.2) is 10.8 Å². The van der Waals surface area contributed by atoms with Crippen molar-refractivity contribution in [3.05, 3.63) is 22.3 Å². The first kappa shape index (κ1) is 35.0. The maximum Gasteiger partial charge on any atom is 0.481 e. The van der Waals surface area contributed by atoms with E-state index in [1.807, 2.05) is 11.5 Å². The molecule has 43 heavy (non-hydrogen) atoms. The number of hydrogen-bond acceptors (Lipinski definition) is 7. The number of amides is 1. The van der Waals surface area contributed by atoms with Crippen LogP contribution in [0.4, 0.5) is 0 Å². The molecule has 0 aromatic rings. The van der Waals surface area contributed by atoms with Gasteiger partial charge in [-0.25, -0.2) is 15.1 Å². The summed E-state index contributed by atoms with van der Waals surface area (Å²) >= 11 is 0. The van der Waals surface area contributed by atoms with Gasteiger partial charge in [0.1, 0.15) is 0 Å². The number of nitrogens with two attached hydrogens (primary N) is 1. The maximum absolute atomic E-state index is 13.8. The Balaban J connectivity index is 1.67. The second-order valence-electron chi connectivity index (χ2n) is 14.0. The van der Waals surface area contributed by atoms with Crippen LogP contribution in [-0.4, -0.2) is 54.0 Å². The van der Waals surface area contributed by atoms with Gasteiger partial charge in [-0.3, -0.25) is 9.59 Å². The summed E-state index contributed by atoms with van der Waals surface area (Å²) < 4.78 is 13.2. The van der Waals surface area contributed by atoms with Crippen LogP contribution >= 0.6 is 0 Å². The SMILES string of the molecule is CCCCCC/C=C/C(=O)C[C@@H](CCCN=C(N)N[N+](=O)[O-])C(=O)N[C@@H](CC(C)C)B1O[C@@H]2C[C@@H]3C[C@@H](C3(C)C)[C@]2(C)O1. The molecule has 242 valence electrons. The molecule has 1 heterocycles. The van der Waals surface area contributed by atoms with Gasteiger partial charge in [0.25, 0.3) is 5.96 Å². The van der Waals surface area contributed by atoms with E-state index in [4.69, 9.17) is 15.0 Å². The Hall–Kier alpha value is -2.47. The third-order valence-electron chi connectivity index (χ3n) is 9.90. The number of carbonyl (C=O) groups excluding carboxylic acids is 2. The normalized spacial score (nSPS) is 27.5. The van der Waals surface area contributed by atoms with E-state index in [1.54, 1.807) is 6.08 Å². The predicted octanol–water partition coefficient (Wildman–Crippen LogP) is 4.76. The average Bonchev–Trinajstić information content (AvgIpc) is 3.28. The van der Waals surface area contributed by atoms with E-state index in [1.165, 1.54) is 6.42 Å². The molecule has 1 saturated heterocycles. The molecule has 0 radical (unpaired) electrons. The minimum Gasteiger partial charge on any atom is -0.404 e. The number of allylic oxidation sites excluding steroid dienone is 2. The van der Waals surface area contributed by atoms with Crippen molar-refractivity contribution < 1.29 is 23.9 Å². The Morgan fingerprint density at radius 3 is 2.58 bits per heavy atom. The van der Waals surface area contributed by atoms with E-state index in [2.05, 4.69) is 51.9 Å². The summed E-state index contributed by atoms with van der Waals surface area (Å²) in [4.78, 5) is 41.2. The zero-order valence-corrected chi connectivity index (χ0v) is 27.1. The summed E-state index contributed by atoms with van der Waals surface area (Å²) in [5, 5.41) is 13.0. The minimum absolute atomic E-state index is 0.0109. The number of nitrogens with one attached hydrogen (secondary N) is 2. The predicted molar refractivity (Wildman–Crippen MR) is 168 cm³/mol. The van der Waals surface area contributed by atoms with Gasteiger partial charge in [0, 0.05) is 18.9 Å². The van der Waals surface area contributed by atoms with Crippen LogP contribution in [0.15, 0.2) is 17.1 Å². The lowest BCUT2D eigenvalue weighted by atomic mass is 9.43. The van der Waals surface area contributed by atoms with Crippen LogP contribution in [0.25, 0.3) is 0 Å². The van der Waals surface area contributed by atoms with Crippen molar-refractivity contribution in [2.75, 3.05) is 6.54 Å². The van der Waals surface area contributed by atoms with E-state index in [0.717, 1.165) is 38.5 Å². The van der Waals surface area contributed by atoms with E-state index in [9.17, 15) is 19.7 Å². The number of unbranched alkanes of at least 4 members (excludes halogenated alkanes) is 4. The molecular formula is C31H54BN5O6. The van der Waals surface area contributed by atoms with Gasteiger partial charge >= 0.3 is 7.12 Å². The first-order valence-electron chi connectivity index (χ1n) is 16.3. The monoisotopic (exact) mass is 603 g/mol. The fourth-order valence-corrected chi connectivity index (χ4v) is 7.32. The van der Waals surface area contributed by atoms with Gasteiger partial charge in [-0.1, -0.05) is 65.4 Å². The molecular weight excluding hydrogens is 549 g/mol. The lowest BCUT2D eigenvalue weighted by molar-refractivity contribution is -0.525. The molecule has 0 aromatic heterocycles. The summed E-state index contributed by atoms with van der Waals surface area (Å²) in [7, 11) is -0.548. The summed E-state index contributed by atoms with van der Waals surface area (Å²) in [6.07, 6.45) is 12.6. The summed E-state index contributed by atoms with van der Waals surface area (Å²) in [5.41, 5.74) is 7.19. The molecule has 11 nitrogen and oxygen atoms in total. The molecule has 4 rings (SSSR count). The first-order chi connectivity index (χ1) is 20.3. The molecule has 12 heteroatoms. The number of guanidine groups is 1. The molecule has 3 saturated carbocycles. The zero-order chi connectivity index (χ0) is 31.8. The third kappa shape index (κ3) is 9.27. The number of ketones is 1. The molecule has 0 spiro atoms. The van der Waals surface area contributed by atoms with Gasteiger partial charge in [-0.2, -0.15) is 0 Å².